The predicted octanol–water partition coefficient (Wildman–Crippen LogP) is 5.44. The SMILES string of the molecule is c1ccc(COc2ccc(OCc3ccccc3)c(N3CCCC3)c2)cc1. The normalized spacial score (nSPS) is 13.6. The Morgan fingerprint density at radius 3 is 1.89 bits per heavy atom. The highest BCUT2D eigenvalue weighted by atomic mass is 16.5. The molecule has 0 amide bonds. The van der Waals surface area contributed by atoms with Gasteiger partial charge in [-0.2, -0.15) is 0 Å². The summed E-state index contributed by atoms with van der Waals surface area (Å²) in [5.74, 6) is 1.81. The second-order valence-corrected chi connectivity index (χ2v) is 6.87. The van der Waals surface area contributed by atoms with Gasteiger partial charge in [0.25, 0.3) is 0 Å². The highest BCUT2D eigenvalue weighted by Crippen LogP contribution is 2.35. The molecule has 0 atom stereocenters. The summed E-state index contributed by atoms with van der Waals surface area (Å²) >= 11 is 0. The maximum Gasteiger partial charge on any atom is 0.143 e. The zero-order valence-corrected chi connectivity index (χ0v) is 15.5. The maximum absolute atomic E-state index is 6.16. The van der Waals surface area contributed by atoms with Crippen molar-refractivity contribution in [1.29, 1.82) is 0 Å². The summed E-state index contributed by atoms with van der Waals surface area (Å²) in [7, 11) is 0. The van der Waals surface area contributed by atoms with Gasteiger partial charge in [-0.1, -0.05) is 60.7 Å². The number of rotatable bonds is 7. The molecule has 0 aliphatic carbocycles. The zero-order chi connectivity index (χ0) is 18.3. The molecule has 0 N–H and O–H groups in total. The summed E-state index contributed by atoms with van der Waals surface area (Å²) in [5, 5.41) is 0. The molecule has 0 bridgehead atoms. The molecular formula is C24H25NO2. The lowest BCUT2D eigenvalue weighted by atomic mass is 10.2. The van der Waals surface area contributed by atoms with E-state index >= 15 is 0 Å². The van der Waals surface area contributed by atoms with Crippen LogP contribution in [0.1, 0.15) is 24.0 Å². The van der Waals surface area contributed by atoms with Gasteiger partial charge in [-0.3, -0.25) is 0 Å². The third kappa shape index (κ3) is 4.62. The number of ether oxygens (including phenoxy) is 2. The number of nitrogens with zero attached hydrogens (tertiary/aromatic N) is 1. The lowest BCUT2D eigenvalue weighted by molar-refractivity contribution is 0.297. The minimum atomic E-state index is 0.574. The summed E-state index contributed by atoms with van der Waals surface area (Å²) in [6.45, 7) is 3.30. The van der Waals surface area contributed by atoms with Crippen LogP contribution < -0.4 is 14.4 Å². The molecular weight excluding hydrogens is 334 g/mol. The Kier molecular flexibility index (Phi) is 5.58. The van der Waals surface area contributed by atoms with Crippen molar-refractivity contribution in [3.63, 3.8) is 0 Å². The predicted molar refractivity (Wildman–Crippen MR) is 109 cm³/mol. The molecule has 0 spiro atoms. The Hall–Kier alpha value is -2.94. The third-order valence-electron chi connectivity index (χ3n) is 4.86. The molecule has 1 aliphatic rings. The van der Waals surface area contributed by atoms with E-state index in [1.165, 1.54) is 24.0 Å². The molecule has 138 valence electrons. The number of hydrogen-bond donors (Lipinski definition) is 0. The van der Waals surface area contributed by atoms with Gasteiger partial charge in [0.2, 0.25) is 0 Å². The molecule has 3 aromatic rings. The molecule has 0 unspecified atom stereocenters. The van der Waals surface area contributed by atoms with Crippen LogP contribution in [-0.2, 0) is 13.2 Å². The molecule has 4 rings (SSSR count). The maximum atomic E-state index is 6.16. The molecule has 3 nitrogen and oxygen atoms in total. The summed E-state index contributed by atoms with van der Waals surface area (Å²) < 4.78 is 12.2. The van der Waals surface area contributed by atoms with Gasteiger partial charge in [0.15, 0.2) is 0 Å². The van der Waals surface area contributed by atoms with Crippen molar-refractivity contribution in [3.8, 4) is 11.5 Å². The topological polar surface area (TPSA) is 21.7 Å². The van der Waals surface area contributed by atoms with E-state index in [0.717, 1.165) is 30.3 Å². The van der Waals surface area contributed by atoms with Crippen molar-refractivity contribution >= 4 is 5.69 Å². The lowest BCUT2D eigenvalue weighted by Crippen LogP contribution is -2.18. The molecule has 0 saturated carbocycles. The van der Waals surface area contributed by atoms with Crippen LogP contribution in [0.25, 0.3) is 0 Å². The molecule has 27 heavy (non-hydrogen) atoms. The quantitative estimate of drug-likeness (QED) is 0.560. The van der Waals surface area contributed by atoms with Crippen molar-refractivity contribution in [2.75, 3.05) is 18.0 Å². The van der Waals surface area contributed by atoms with Gasteiger partial charge >= 0.3 is 0 Å². The second-order valence-electron chi connectivity index (χ2n) is 6.87. The van der Waals surface area contributed by atoms with E-state index < -0.39 is 0 Å². The van der Waals surface area contributed by atoms with Crippen molar-refractivity contribution in [1.82, 2.24) is 0 Å². The fraction of sp³-hybridized carbons (Fsp3) is 0.250. The largest absolute Gasteiger partial charge is 0.489 e. The first-order chi connectivity index (χ1) is 13.4. The molecule has 3 heteroatoms. The van der Waals surface area contributed by atoms with Crippen molar-refractivity contribution in [3.05, 3.63) is 90.0 Å². The minimum Gasteiger partial charge on any atom is -0.489 e. The van der Waals surface area contributed by atoms with E-state index in [0.29, 0.717) is 13.2 Å². The molecule has 1 saturated heterocycles. The van der Waals surface area contributed by atoms with Crippen LogP contribution in [0.2, 0.25) is 0 Å². The van der Waals surface area contributed by atoms with Crippen molar-refractivity contribution < 1.29 is 9.47 Å². The van der Waals surface area contributed by atoms with Crippen LogP contribution in [0, 0.1) is 0 Å². The highest BCUT2D eigenvalue weighted by molar-refractivity contribution is 5.62. The average Bonchev–Trinajstić information content (AvgIpc) is 3.27. The van der Waals surface area contributed by atoms with E-state index in [2.05, 4.69) is 35.2 Å². The Morgan fingerprint density at radius 1 is 0.667 bits per heavy atom. The van der Waals surface area contributed by atoms with Gasteiger partial charge in [0, 0.05) is 19.2 Å². The summed E-state index contributed by atoms with van der Waals surface area (Å²) in [6.07, 6.45) is 2.46. The summed E-state index contributed by atoms with van der Waals surface area (Å²) in [4.78, 5) is 2.40. The summed E-state index contributed by atoms with van der Waals surface area (Å²) in [5.41, 5.74) is 3.48. The van der Waals surface area contributed by atoms with E-state index in [1.54, 1.807) is 0 Å². The Morgan fingerprint density at radius 2 is 1.26 bits per heavy atom. The molecule has 0 radical (unpaired) electrons. The van der Waals surface area contributed by atoms with Crippen LogP contribution in [-0.4, -0.2) is 13.1 Å². The van der Waals surface area contributed by atoms with Gasteiger partial charge in [-0.05, 0) is 36.1 Å². The van der Waals surface area contributed by atoms with Gasteiger partial charge in [0.05, 0.1) is 5.69 Å². The lowest BCUT2D eigenvalue weighted by Gasteiger charge is -2.22. The average molecular weight is 359 g/mol. The van der Waals surface area contributed by atoms with E-state index in [9.17, 15) is 0 Å². The van der Waals surface area contributed by atoms with Gasteiger partial charge < -0.3 is 14.4 Å². The molecule has 1 heterocycles. The first-order valence-electron chi connectivity index (χ1n) is 9.61. The fourth-order valence-corrected chi connectivity index (χ4v) is 3.39. The Balaban J connectivity index is 1.50. The fourth-order valence-electron chi connectivity index (χ4n) is 3.39. The first kappa shape index (κ1) is 17.5. The van der Waals surface area contributed by atoms with Crippen LogP contribution in [0.5, 0.6) is 11.5 Å². The van der Waals surface area contributed by atoms with Gasteiger partial charge in [-0.25, -0.2) is 0 Å². The van der Waals surface area contributed by atoms with Crippen LogP contribution in [0.4, 0.5) is 5.69 Å². The molecule has 1 fully saturated rings. The number of benzene rings is 3. The van der Waals surface area contributed by atoms with E-state index in [4.69, 9.17) is 9.47 Å². The van der Waals surface area contributed by atoms with Crippen molar-refractivity contribution in [2.45, 2.75) is 26.1 Å². The molecule has 1 aliphatic heterocycles. The van der Waals surface area contributed by atoms with Crippen LogP contribution in [0.15, 0.2) is 78.9 Å². The summed E-state index contributed by atoms with van der Waals surface area (Å²) in [6, 6.07) is 26.7. The van der Waals surface area contributed by atoms with E-state index in [-0.39, 0.29) is 0 Å². The zero-order valence-electron chi connectivity index (χ0n) is 15.5. The molecule has 3 aromatic carbocycles. The third-order valence-corrected chi connectivity index (χ3v) is 4.86. The van der Waals surface area contributed by atoms with E-state index in [1.807, 2.05) is 48.5 Å². The number of hydrogen-bond acceptors (Lipinski definition) is 3. The van der Waals surface area contributed by atoms with Gasteiger partial charge in [0.1, 0.15) is 24.7 Å². The van der Waals surface area contributed by atoms with Crippen LogP contribution >= 0.6 is 0 Å². The molecule has 0 aromatic heterocycles. The standard InChI is InChI=1S/C24H25NO2/c1-3-9-20(10-4-1)18-26-22-13-14-24(23(17-22)25-15-7-8-16-25)27-19-21-11-5-2-6-12-21/h1-6,9-14,17H,7-8,15-16,18-19H2. The first-order valence-corrected chi connectivity index (χ1v) is 9.61. The number of anilines is 1. The smallest absolute Gasteiger partial charge is 0.143 e. The van der Waals surface area contributed by atoms with Crippen LogP contribution in [0.3, 0.4) is 0 Å². The Labute approximate surface area is 161 Å². The highest BCUT2D eigenvalue weighted by Gasteiger charge is 2.18. The minimum absolute atomic E-state index is 0.574. The van der Waals surface area contributed by atoms with Gasteiger partial charge in [-0.15, -0.1) is 0 Å². The second kappa shape index (κ2) is 8.63. The van der Waals surface area contributed by atoms with Crippen molar-refractivity contribution in [2.24, 2.45) is 0 Å². The monoisotopic (exact) mass is 359 g/mol. The Bertz CT molecular complexity index is 843.